The van der Waals surface area contributed by atoms with Gasteiger partial charge < -0.3 is 20.6 Å². The zero-order chi connectivity index (χ0) is 26.8. The molecule has 0 saturated heterocycles. The molecule has 9 nitrogen and oxygen atoms in total. The fraction of sp³-hybridized carbons (Fsp3) is 0.148. The molecule has 5 aromatic rings. The van der Waals surface area contributed by atoms with Gasteiger partial charge in [0.2, 0.25) is 5.91 Å². The Kier molecular flexibility index (Phi) is 5.32. The van der Waals surface area contributed by atoms with Crippen molar-refractivity contribution in [3.8, 4) is 17.3 Å². The number of amides is 1. The topological polar surface area (TPSA) is 131 Å². The average molecular weight is 530 g/mol. The zero-order valence-corrected chi connectivity index (χ0v) is 21.1. The molecular formula is C27H21ClFN7O2. The second-order valence-corrected chi connectivity index (χ2v) is 9.80. The van der Waals surface area contributed by atoms with Crippen LogP contribution in [-0.2, 0) is 16.6 Å². The highest BCUT2D eigenvalue weighted by atomic mass is 35.5. The van der Waals surface area contributed by atoms with E-state index in [9.17, 15) is 14.3 Å². The standard InChI is InChI=1S/C27H21ClFN7O2/c1-13-11-36-12-19(32-18(25(36)31-13)9-14-4-3-5-16(29)8-14)23-33-22(30)21-24(34-23)35-26(38)27(21,2)15-6-7-17(28)20(37)10-15/h3-8,10-12,37H,9H2,1-2H3,(H3,30,33,34,35,38)/t27-/m0/s1. The monoisotopic (exact) mass is 529 g/mol. The van der Waals surface area contributed by atoms with Gasteiger partial charge >= 0.3 is 0 Å². The van der Waals surface area contributed by atoms with Gasteiger partial charge in [0.25, 0.3) is 0 Å². The number of halogens is 2. The summed E-state index contributed by atoms with van der Waals surface area (Å²) in [6.07, 6.45) is 3.91. The maximum atomic E-state index is 13.8. The summed E-state index contributed by atoms with van der Waals surface area (Å²) in [6.45, 7) is 3.55. The molecule has 38 heavy (non-hydrogen) atoms. The Hall–Kier alpha value is -4.57. The van der Waals surface area contributed by atoms with Crippen molar-refractivity contribution in [2.45, 2.75) is 25.7 Å². The number of aryl methyl sites for hydroxylation is 1. The molecule has 6 rings (SSSR count). The van der Waals surface area contributed by atoms with Gasteiger partial charge in [-0.3, -0.25) is 4.79 Å². The molecule has 0 bridgehead atoms. The summed E-state index contributed by atoms with van der Waals surface area (Å²) in [4.78, 5) is 31.7. The molecule has 0 aliphatic carbocycles. The van der Waals surface area contributed by atoms with Crippen LogP contribution in [0.4, 0.5) is 16.0 Å². The van der Waals surface area contributed by atoms with Crippen molar-refractivity contribution < 1.29 is 14.3 Å². The van der Waals surface area contributed by atoms with E-state index in [2.05, 4.69) is 20.3 Å². The Morgan fingerprint density at radius 3 is 2.71 bits per heavy atom. The van der Waals surface area contributed by atoms with E-state index in [1.807, 2.05) is 23.6 Å². The molecule has 1 amide bonds. The van der Waals surface area contributed by atoms with Gasteiger partial charge in [-0.2, -0.15) is 0 Å². The lowest BCUT2D eigenvalue weighted by Gasteiger charge is -2.23. The first-order valence-electron chi connectivity index (χ1n) is 11.7. The van der Waals surface area contributed by atoms with Crippen LogP contribution >= 0.6 is 11.6 Å². The Morgan fingerprint density at radius 1 is 1.13 bits per heavy atom. The summed E-state index contributed by atoms with van der Waals surface area (Å²) in [5.74, 6) is -0.301. The third-order valence-corrected chi connectivity index (χ3v) is 7.08. The number of imidazole rings is 1. The van der Waals surface area contributed by atoms with Gasteiger partial charge in [-0.25, -0.2) is 24.3 Å². The molecule has 1 aliphatic heterocycles. The number of hydrogen-bond acceptors (Lipinski definition) is 7. The number of nitrogens with zero attached hydrogens (tertiary/aromatic N) is 5. The predicted octanol–water partition coefficient (Wildman–Crippen LogP) is 4.42. The summed E-state index contributed by atoms with van der Waals surface area (Å²) in [5.41, 5.74) is 9.23. The van der Waals surface area contributed by atoms with Crippen LogP contribution in [0, 0.1) is 12.7 Å². The number of carbonyl (C=O) groups excluding carboxylic acids is 1. The minimum atomic E-state index is -1.25. The maximum Gasteiger partial charge on any atom is 0.240 e. The number of aromatic hydroxyl groups is 1. The van der Waals surface area contributed by atoms with Crippen LogP contribution < -0.4 is 11.1 Å². The number of anilines is 2. The Morgan fingerprint density at radius 2 is 1.95 bits per heavy atom. The van der Waals surface area contributed by atoms with Crippen molar-refractivity contribution >= 4 is 34.8 Å². The smallest absolute Gasteiger partial charge is 0.240 e. The van der Waals surface area contributed by atoms with E-state index in [0.29, 0.717) is 34.6 Å². The summed E-state index contributed by atoms with van der Waals surface area (Å²) in [7, 11) is 0. The fourth-order valence-electron chi connectivity index (χ4n) is 4.87. The number of phenolic OH excluding ortho intramolecular Hbond substituents is 1. The molecule has 190 valence electrons. The molecule has 1 atom stereocenters. The molecule has 0 saturated carbocycles. The summed E-state index contributed by atoms with van der Waals surface area (Å²) in [5, 5.41) is 13.1. The zero-order valence-electron chi connectivity index (χ0n) is 20.3. The first-order valence-corrected chi connectivity index (χ1v) is 12.1. The van der Waals surface area contributed by atoms with Crippen molar-refractivity contribution in [2.24, 2.45) is 0 Å². The Balaban J connectivity index is 1.48. The largest absolute Gasteiger partial charge is 0.506 e. The highest BCUT2D eigenvalue weighted by Crippen LogP contribution is 2.46. The first-order chi connectivity index (χ1) is 18.1. The number of fused-ring (bicyclic) bond motifs is 2. The minimum absolute atomic E-state index is 0.0932. The van der Waals surface area contributed by atoms with Gasteiger partial charge in [-0.15, -0.1) is 0 Å². The van der Waals surface area contributed by atoms with Gasteiger partial charge in [-0.05, 0) is 49.2 Å². The van der Waals surface area contributed by atoms with Crippen molar-refractivity contribution in [2.75, 3.05) is 11.1 Å². The molecule has 2 aromatic carbocycles. The minimum Gasteiger partial charge on any atom is -0.506 e. The van der Waals surface area contributed by atoms with E-state index >= 15 is 0 Å². The quantitative estimate of drug-likeness (QED) is 0.314. The highest BCUT2D eigenvalue weighted by Gasteiger charge is 2.47. The number of nitrogen functional groups attached to an aromatic ring is 1. The van der Waals surface area contributed by atoms with Gasteiger partial charge in [0.1, 0.15) is 34.3 Å². The average Bonchev–Trinajstić information content (AvgIpc) is 3.37. The van der Waals surface area contributed by atoms with Crippen LogP contribution in [0.2, 0.25) is 5.02 Å². The molecule has 0 fully saturated rings. The maximum absolute atomic E-state index is 13.8. The van der Waals surface area contributed by atoms with Gasteiger partial charge in [0.15, 0.2) is 11.5 Å². The van der Waals surface area contributed by atoms with Gasteiger partial charge in [0.05, 0.1) is 22.0 Å². The molecule has 4 heterocycles. The van der Waals surface area contributed by atoms with Gasteiger partial charge in [0, 0.05) is 18.8 Å². The Labute approximate surface area is 221 Å². The normalized spacial score (nSPS) is 16.6. The lowest BCUT2D eigenvalue weighted by molar-refractivity contribution is -0.119. The van der Waals surface area contributed by atoms with Crippen LogP contribution in [0.3, 0.4) is 0 Å². The highest BCUT2D eigenvalue weighted by molar-refractivity contribution is 6.32. The number of benzene rings is 2. The number of carbonyl (C=O) groups is 1. The molecule has 11 heteroatoms. The van der Waals surface area contributed by atoms with Crippen LogP contribution in [-0.4, -0.2) is 35.4 Å². The lowest BCUT2D eigenvalue weighted by Crippen LogP contribution is -2.32. The third-order valence-electron chi connectivity index (χ3n) is 6.76. The number of phenols is 1. The predicted molar refractivity (Wildman–Crippen MR) is 141 cm³/mol. The number of hydrogen-bond donors (Lipinski definition) is 3. The van der Waals surface area contributed by atoms with Crippen LogP contribution in [0.1, 0.15) is 35.0 Å². The molecule has 0 spiro atoms. The lowest BCUT2D eigenvalue weighted by atomic mass is 9.77. The van der Waals surface area contributed by atoms with E-state index in [1.54, 1.807) is 25.3 Å². The number of rotatable bonds is 4. The fourth-order valence-corrected chi connectivity index (χ4v) is 4.99. The van der Waals surface area contributed by atoms with Crippen LogP contribution in [0.25, 0.3) is 17.2 Å². The molecule has 3 aromatic heterocycles. The van der Waals surface area contributed by atoms with Crippen molar-refractivity contribution in [3.05, 3.63) is 93.8 Å². The van der Waals surface area contributed by atoms with Crippen LogP contribution in [0.15, 0.2) is 54.9 Å². The van der Waals surface area contributed by atoms with Gasteiger partial charge in [-0.1, -0.05) is 29.8 Å². The second kappa shape index (κ2) is 8.49. The first kappa shape index (κ1) is 23.8. The number of nitrogens with two attached hydrogens (primary N) is 1. The summed E-state index contributed by atoms with van der Waals surface area (Å²) < 4.78 is 15.7. The van der Waals surface area contributed by atoms with E-state index in [4.69, 9.17) is 22.3 Å². The molecule has 0 radical (unpaired) electrons. The number of aromatic nitrogens is 5. The van der Waals surface area contributed by atoms with E-state index in [1.165, 1.54) is 24.3 Å². The van der Waals surface area contributed by atoms with Crippen molar-refractivity contribution in [3.63, 3.8) is 0 Å². The Bertz CT molecular complexity index is 1790. The number of nitrogens with one attached hydrogen (secondary N) is 1. The third kappa shape index (κ3) is 3.72. The second-order valence-electron chi connectivity index (χ2n) is 9.39. The van der Waals surface area contributed by atoms with E-state index < -0.39 is 5.41 Å². The summed E-state index contributed by atoms with van der Waals surface area (Å²) >= 11 is 5.97. The van der Waals surface area contributed by atoms with Crippen molar-refractivity contribution in [1.82, 2.24) is 24.3 Å². The molecule has 4 N–H and O–H groups in total. The molecule has 0 unspecified atom stereocenters. The van der Waals surface area contributed by atoms with Crippen LogP contribution in [0.5, 0.6) is 5.75 Å². The van der Waals surface area contributed by atoms with E-state index in [-0.39, 0.29) is 40.0 Å². The van der Waals surface area contributed by atoms with E-state index in [0.717, 1.165) is 11.3 Å². The SMILES string of the molecule is Cc1cn2cc(-c3nc(N)c4c(n3)NC(=O)[C@@]4(C)c3ccc(Cl)c(O)c3)nc(Cc3cccc(F)c3)c2n1. The van der Waals surface area contributed by atoms with Crippen molar-refractivity contribution in [1.29, 1.82) is 0 Å². The molecule has 1 aliphatic rings. The molecular weight excluding hydrogens is 509 g/mol. The summed E-state index contributed by atoms with van der Waals surface area (Å²) in [6, 6.07) is 10.9.